The van der Waals surface area contributed by atoms with Crippen LogP contribution < -0.4 is 5.32 Å². The van der Waals surface area contributed by atoms with Crippen molar-refractivity contribution in [3.05, 3.63) is 54.1 Å². The second-order valence-corrected chi connectivity index (χ2v) is 7.91. The number of benzene rings is 1. The lowest BCUT2D eigenvalue weighted by Gasteiger charge is -2.25. The van der Waals surface area contributed by atoms with E-state index in [0.717, 1.165) is 49.3 Å². The highest BCUT2D eigenvalue weighted by Gasteiger charge is 2.34. The van der Waals surface area contributed by atoms with Gasteiger partial charge in [0.25, 0.3) is 0 Å². The van der Waals surface area contributed by atoms with Gasteiger partial charge in [-0.25, -0.2) is 4.98 Å². The number of imidazole rings is 1. The molecule has 1 aliphatic heterocycles. The number of hydrogen-bond acceptors (Lipinski definition) is 3. The van der Waals surface area contributed by atoms with E-state index in [4.69, 9.17) is 0 Å². The van der Waals surface area contributed by atoms with Gasteiger partial charge in [0, 0.05) is 36.7 Å². The summed E-state index contributed by atoms with van der Waals surface area (Å²) in [7, 11) is 0. The van der Waals surface area contributed by atoms with Crippen LogP contribution >= 0.6 is 0 Å². The van der Waals surface area contributed by atoms with E-state index in [2.05, 4.69) is 16.4 Å². The maximum atomic E-state index is 12.9. The molecule has 29 heavy (non-hydrogen) atoms. The summed E-state index contributed by atoms with van der Waals surface area (Å²) in [6, 6.07) is 7.32. The molecule has 152 valence electrons. The van der Waals surface area contributed by atoms with Crippen LogP contribution in [0.25, 0.3) is 5.69 Å². The molecule has 1 atom stereocenters. The molecule has 0 spiro atoms. The van der Waals surface area contributed by atoms with Crippen molar-refractivity contribution >= 4 is 17.5 Å². The minimum atomic E-state index is -0.373. The van der Waals surface area contributed by atoms with Crippen LogP contribution in [0.4, 0.5) is 5.69 Å². The Morgan fingerprint density at radius 1 is 1.17 bits per heavy atom. The number of nitrogens with one attached hydrogen (secondary N) is 1. The molecule has 2 heterocycles. The Morgan fingerprint density at radius 3 is 2.69 bits per heavy atom. The van der Waals surface area contributed by atoms with Crippen LogP contribution in [0.2, 0.25) is 0 Å². The number of nitrogens with zero attached hydrogens (tertiary/aromatic N) is 3. The Labute approximate surface area is 171 Å². The zero-order valence-corrected chi connectivity index (χ0v) is 16.9. The standard InChI is InChI=1S/C23H28N4O2/c1-17-24-13-15-26(17)20-11-9-19(10-12-20)25-23(29)21-8-5-14-27(21)22(28)16-18-6-3-2-4-7-18/h6,9-13,15,21H,2-5,7-8,14,16H2,1H3,(H,25,29)/t21-/m1/s1. The van der Waals surface area contributed by atoms with Crippen LogP contribution in [0.1, 0.15) is 50.8 Å². The van der Waals surface area contributed by atoms with Crippen LogP contribution in [0.3, 0.4) is 0 Å². The van der Waals surface area contributed by atoms with E-state index < -0.39 is 0 Å². The van der Waals surface area contributed by atoms with Gasteiger partial charge in [0.15, 0.2) is 0 Å². The molecule has 4 rings (SSSR count). The van der Waals surface area contributed by atoms with E-state index in [1.165, 1.54) is 12.0 Å². The first kappa shape index (κ1) is 19.4. The van der Waals surface area contributed by atoms with Gasteiger partial charge in [0.05, 0.1) is 0 Å². The van der Waals surface area contributed by atoms with Crippen molar-refractivity contribution in [2.45, 2.75) is 57.9 Å². The minimum Gasteiger partial charge on any atom is -0.330 e. The first-order chi connectivity index (χ1) is 14.1. The predicted molar refractivity (Wildman–Crippen MR) is 113 cm³/mol. The number of aromatic nitrogens is 2. The Kier molecular flexibility index (Phi) is 5.79. The molecule has 0 bridgehead atoms. The van der Waals surface area contributed by atoms with E-state index in [0.29, 0.717) is 13.0 Å². The van der Waals surface area contributed by atoms with Gasteiger partial charge in [-0.05, 0) is 69.7 Å². The molecule has 0 radical (unpaired) electrons. The second-order valence-electron chi connectivity index (χ2n) is 7.91. The second kappa shape index (κ2) is 8.64. The summed E-state index contributed by atoms with van der Waals surface area (Å²) in [5.74, 6) is 0.900. The molecular weight excluding hydrogens is 364 g/mol. The van der Waals surface area contributed by atoms with Crippen molar-refractivity contribution in [1.82, 2.24) is 14.5 Å². The monoisotopic (exact) mass is 392 g/mol. The Bertz CT molecular complexity index is 913. The number of amides is 2. The SMILES string of the molecule is Cc1nccn1-c1ccc(NC(=O)[C@H]2CCCN2C(=O)CC2=CCCCC2)cc1. The fourth-order valence-electron chi connectivity index (χ4n) is 4.28. The first-order valence-corrected chi connectivity index (χ1v) is 10.5. The first-order valence-electron chi connectivity index (χ1n) is 10.5. The number of hydrogen-bond donors (Lipinski definition) is 1. The fraction of sp³-hybridized carbons (Fsp3) is 0.435. The van der Waals surface area contributed by atoms with Crippen molar-refractivity contribution < 1.29 is 9.59 Å². The Morgan fingerprint density at radius 2 is 2.00 bits per heavy atom. The van der Waals surface area contributed by atoms with Crippen molar-refractivity contribution in [2.75, 3.05) is 11.9 Å². The highest BCUT2D eigenvalue weighted by Crippen LogP contribution is 2.25. The molecule has 1 aliphatic carbocycles. The van der Waals surface area contributed by atoms with E-state index in [1.807, 2.05) is 42.0 Å². The molecule has 2 aliphatic rings. The van der Waals surface area contributed by atoms with Gasteiger partial charge in [-0.2, -0.15) is 0 Å². The fourth-order valence-corrected chi connectivity index (χ4v) is 4.28. The summed E-state index contributed by atoms with van der Waals surface area (Å²) in [4.78, 5) is 31.6. The third-order valence-corrected chi connectivity index (χ3v) is 5.88. The van der Waals surface area contributed by atoms with Crippen molar-refractivity contribution in [3.8, 4) is 5.69 Å². The lowest BCUT2D eigenvalue weighted by Crippen LogP contribution is -2.43. The van der Waals surface area contributed by atoms with Crippen LogP contribution in [-0.2, 0) is 9.59 Å². The van der Waals surface area contributed by atoms with E-state index in [9.17, 15) is 9.59 Å². The van der Waals surface area contributed by atoms with Gasteiger partial charge >= 0.3 is 0 Å². The van der Waals surface area contributed by atoms with Gasteiger partial charge < -0.3 is 14.8 Å². The van der Waals surface area contributed by atoms with Gasteiger partial charge in [-0.3, -0.25) is 9.59 Å². The number of anilines is 1. The number of aryl methyl sites for hydroxylation is 1. The molecule has 1 aromatic heterocycles. The van der Waals surface area contributed by atoms with Crippen molar-refractivity contribution in [3.63, 3.8) is 0 Å². The summed E-state index contributed by atoms with van der Waals surface area (Å²) in [6.07, 6.45) is 12.4. The summed E-state index contributed by atoms with van der Waals surface area (Å²) >= 11 is 0. The summed E-state index contributed by atoms with van der Waals surface area (Å²) in [5.41, 5.74) is 2.97. The molecule has 6 nitrogen and oxygen atoms in total. The molecule has 2 amide bonds. The third kappa shape index (κ3) is 4.42. The molecule has 2 aromatic rings. The Hall–Kier alpha value is -2.89. The van der Waals surface area contributed by atoms with Crippen molar-refractivity contribution in [2.24, 2.45) is 0 Å². The summed E-state index contributed by atoms with van der Waals surface area (Å²) in [6.45, 7) is 2.62. The average molecular weight is 393 g/mol. The highest BCUT2D eigenvalue weighted by molar-refractivity contribution is 5.97. The number of allylic oxidation sites excluding steroid dienone is 1. The maximum Gasteiger partial charge on any atom is 0.247 e. The average Bonchev–Trinajstić information content (AvgIpc) is 3.39. The molecule has 1 aromatic carbocycles. The highest BCUT2D eigenvalue weighted by atomic mass is 16.2. The van der Waals surface area contributed by atoms with Gasteiger partial charge in [0.2, 0.25) is 11.8 Å². The van der Waals surface area contributed by atoms with Crippen LogP contribution in [0.5, 0.6) is 0 Å². The smallest absolute Gasteiger partial charge is 0.247 e. The van der Waals surface area contributed by atoms with E-state index in [1.54, 1.807) is 11.1 Å². The number of likely N-dealkylation sites (tertiary alicyclic amines) is 1. The normalized spacial score (nSPS) is 19.1. The van der Waals surface area contributed by atoms with Crippen molar-refractivity contribution in [1.29, 1.82) is 0 Å². The molecule has 0 saturated carbocycles. The maximum absolute atomic E-state index is 12.9. The molecule has 1 saturated heterocycles. The molecule has 1 N–H and O–H groups in total. The molecule has 1 fully saturated rings. The van der Waals surface area contributed by atoms with Crippen LogP contribution in [0, 0.1) is 6.92 Å². The lowest BCUT2D eigenvalue weighted by atomic mass is 9.97. The lowest BCUT2D eigenvalue weighted by molar-refractivity contribution is -0.136. The van der Waals surface area contributed by atoms with Gasteiger partial charge in [-0.1, -0.05) is 11.6 Å². The molecular formula is C23H28N4O2. The topological polar surface area (TPSA) is 67.2 Å². The third-order valence-electron chi connectivity index (χ3n) is 5.88. The zero-order valence-electron chi connectivity index (χ0n) is 16.9. The van der Waals surface area contributed by atoms with Gasteiger partial charge in [0.1, 0.15) is 11.9 Å². The van der Waals surface area contributed by atoms with Crippen LogP contribution in [-0.4, -0.2) is 38.9 Å². The van der Waals surface area contributed by atoms with Crippen LogP contribution in [0.15, 0.2) is 48.3 Å². The minimum absolute atomic E-state index is 0.0849. The summed E-state index contributed by atoms with van der Waals surface area (Å²) in [5, 5.41) is 2.99. The quantitative estimate of drug-likeness (QED) is 0.782. The number of carbonyl (C=O) groups excluding carboxylic acids is 2. The largest absolute Gasteiger partial charge is 0.330 e. The molecule has 0 unspecified atom stereocenters. The number of carbonyl (C=O) groups is 2. The van der Waals surface area contributed by atoms with E-state index in [-0.39, 0.29) is 17.9 Å². The predicted octanol–water partition coefficient (Wildman–Crippen LogP) is 4.00. The zero-order chi connectivity index (χ0) is 20.2. The molecule has 6 heteroatoms. The van der Waals surface area contributed by atoms with E-state index >= 15 is 0 Å². The van der Waals surface area contributed by atoms with Gasteiger partial charge in [-0.15, -0.1) is 0 Å². The Balaban J connectivity index is 1.38. The summed E-state index contributed by atoms with van der Waals surface area (Å²) < 4.78 is 1.99. The number of rotatable bonds is 5.